The molecule has 9 nitrogen and oxygen atoms in total. The monoisotopic (exact) mass is 607 g/mol. The van der Waals surface area contributed by atoms with E-state index in [1.54, 1.807) is 53.4 Å². The van der Waals surface area contributed by atoms with Crippen molar-refractivity contribution in [2.45, 2.75) is 123 Å². The van der Waals surface area contributed by atoms with Crippen LogP contribution in [0.3, 0.4) is 0 Å². The zero-order valence-electron chi connectivity index (χ0n) is 27.7. The van der Waals surface area contributed by atoms with Gasteiger partial charge in [0.1, 0.15) is 29.3 Å². The number of benzene rings is 2. The average Bonchev–Trinajstić information content (AvgIpc) is 2.84. The van der Waals surface area contributed by atoms with Gasteiger partial charge in [0.15, 0.2) is 0 Å². The van der Waals surface area contributed by atoms with E-state index in [1.807, 2.05) is 62.4 Å². The zero-order chi connectivity index (χ0) is 32.8. The Hall–Kier alpha value is -3.88. The molecule has 1 fully saturated rings. The van der Waals surface area contributed by atoms with Crippen LogP contribution in [0.2, 0.25) is 0 Å². The molecule has 2 aromatic carbocycles. The van der Waals surface area contributed by atoms with E-state index in [9.17, 15) is 19.2 Å². The second-order valence-electron chi connectivity index (χ2n) is 13.8. The molecule has 3 rings (SSSR count). The van der Waals surface area contributed by atoms with Crippen LogP contribution in [0.25, 0.3) is 0 Å². The van der Waals surface area contributed by atoms with Gasteiger partial charge >= 0.3 is 12.1 Å². The first kappa shape index (κ1) is 34.6. The summed E-state index contributed by atoms with van der Waals surface area (Å²) in [4.78, 5) is 56.2. The van der Waals surface area contributed by atoms with Gasteiger partial charge in [0.2, 0.25) is 11.8 Å². The summed E-state index contributed by atoms with van der Waals surface area (Å²) < 4.78 is 11.1. The first-order valence-electron chi connectivity index (χ1n) is 15.4. The maximum atomic E-state index is 14.4. The minimum atomic E-state index is -1.05. The van der Waals surface area contributed by atoms with Crippen molar-refractivity contribution >= 4 is 23.9 Å². The number of nitrogens with zero attached hydrogens (tertiary/aromatic N) is 1. The second-order valence-corrected chi connectivity index (χ2v) is 13.8. The van der Waals surface area contributed by atoms with E-state index in [2.05, 4.69) is 10.6 Å². The number of hydrogen-bond acceptors (Lipinski definition) is 6. The van der Waals surface area contributed by atoms with E-state index in [1.165, 1.54) is 0 Å². The molecule has 0 saturated heterocycles. The van der Waals surface area contributed by atoms with E-state index in [4.69, 9.17) is 9.47 Å². The molecule has 44 heavy (non-hydrogen) atoms. The number of amides is 3. The van der Waals surface area contributed by atoms with Crippen molar-refractivity contribution in [3.8, 4) is 0 Å². The van der Waals surface area contributed by atoms with Crippen molar-refractivity contribution in [3.63, 3.8) is 0 Å². The Labute approximate surface area is 262 Å². The number of carbonyl (C=O) groups excluding carboxylic acids is 4. The number of ether oxygens (including phenoxy) is 2. The molecule has 2 aromatic rings. The van der Waals surface area contributed by atoms with Crippen molar-refractivity contribution < 1.29 is 28.7 Å². The number of carbonyl (C=O) groups is 4. The minimum absolute atomic E-state index is 0.212. The van der Waals surface area contributed by atoms with Gasteiger partial charge in [0.05, 0.1) is 0 Å². The standard InChI is InChI=1S/C35H49N3O6/c1-22-18-23(2)20-26(19-22)29(38(27-16-13-17-27)31(40)24(3)36-33(42)44-35(7,8)9)30(39)37-28(32(41)43-34(4,5)6)21-25-14-11-10-12-15-25/h10-12,14-15,18-20,24,27-29H,13,16-17,21H2,1-9H3,(H,36,42)(H,37,39). The number of alkyl carbamates (subject to hydrolysis) is 1. The first-order chi connectivity index (χ1) is 20.4. The molecule has 1 aliphatic carbocycles. The van der Waals surface area contributed by atoms with Gasteiger partial charge in [-0.2, -0.15) is 0 Å². The van der Waals surface area contributed by atoms with Crippen LogP contribution < -0.4 is 10.6 Å². The lowest BCUT2D eigenvalue weighted by atomic mass is 9.87. The highest BCUT2D eigenvalue weighted by Crippen LogP contribution is 2.34. The van der Waals surface area contributed by atoms with Crippen molar-refractivity contribution in [2.75, 3.05) is 0 Å². The Bertz CT molecular complexity index is 1300. The Balaban J connectivity index is 2.03. The largest absolute Gasteiger partial charge is 0.458 e. The summed E-state index contributed by atoms with van der Waals surface area (Å²) in [6.07, 6.45) is 1.86. The fraction of sp³-hybridized carbons (Fsp3) is 0.543. The smallest absolute Gasteiger partial charge is 0.408 e. The van der Waals surface area contributed by atoms with E-state index < -0.39 is 53.2 Å². The zero-order valence-corrected chi connectivity index (χ0v) is 27.7. The molecular weight excluding hydrogens is 558 g/mol. The SMILES string of the molecule is Cc1cc(C)cc(C(C(=O)NC(Cc2ccccc2)C(=O)OC(C)(C)C)N(C(=O)C(C)NC(=O)OC(C)(C)C)C2CCC2)c1. The number of aryl methyl sites for hydroxylation is 2. The summed E-state index contributed by atoms with van der Waals surface area (Å²) in [7, 11) is 0. The van der Waals surface area contributed by atoms with Crippen molar-refractivity contribution in [3.05, 3.63) is 70.8 Å². The molecule has 0 heterocycles. The number of esters is 1. The Morgan fingerprint density at radius 1 is 0.864 bits per heavy atom. The summed E-state index contributed by atoms with van der Waals surface area (Å²) in [6.45, 7) is 16.0. The van der Waals surface area contributed by atoms with Crippen LogP contribution in [0.1, 0.15) is 96.0 Å². The number of rotatable bonds is 10. The molecule has 0 aromatic heterocycles. The van der Waals surface area contributed by atoms with Crippen LogP contribution in [-0.4, -0.2) is 58.1 Å². The third-order valence-electron chi connectivity index (χ3n) is 7.20. The molecular formula is C35H49N3O6. The van der Waals surface area contributed by atoms with Gasteiger partial charge < -0.3 is 25.0 Å². The average molecular weight is 608 g/mol. The lowest BCUT2D eigenvalue weighted by molar-refractivity contribution is -0.159. The number of nitrogens with one attached hydrogen (secondary N) is 2. The van der Waals surface area contributed by atoms with Crippen LogP contribution in [0.5, 0.6) is 0 Å². The van der Waals surface area contributed by atoms with Gasteiger partial charge in [-0.25, -0.2) is 9.59 Å². The molecule has 3 atom stereocenters. The van der Waals surface area contributed by atoms with Gasteiger partial charge in [-0.15, -0.1) is 0 Å². The van der Waals surface area contributed by atoms with Gasteiger partial charge in [-0.05, 0) is 92.7 Å². The molecule has 3 amide bonds. The highest BCUT2D eigenvalue weighted by molar-refractivity contribution is 5.94. The van der Waals surface area contributed by atoms with E-state index in [0.29, 0.717) is 5.56 Å². The molecule has 0 radical (unpaired) electrons. The fourth-order valence-corrected chi connectivity index (χ4v) is 5.23. The molecule has 3 unspecified atom stereocenters. The summed E-state index contributed by atoms with van der Waals surface area (Å²) in [5, 5.41) is 5.60. The first-order valence-corrected chi connectivity index (χ1v) is 15.4. The lowest BCUT2D eigenvalue weighted by Gasteiger charge is -2.43. The lowest BCUT2D eigenvalue weighted by Crippen LogP contribution is -2.58. The van der Waals surface area contributed by atoms with E-state index in [0.717, 1.165) is 36.0 Å². The van der Waals surface area contributed by atoms with Crippen LogP contribution >= 0.6 is 0 Å². The maximum Gasteiger partial charge on any atom is 0.408 e. The molecule has 2 N–H and O–H groups in total. The molecule has 1 saturated carbocycles. The summed E-state index contributed by atoms with van der Waals surface area (Å²) in [6, 6.07) is 12.0. The van der Waals surface area contributed by atoms with E-state index >= 15 is 0 Å². The fourth-order valence-electron chi connectivity index (χ4n) is 5.23. The highest BCUT2D eigenvalue weighted by atomic mass is 16.6. The summed E-state index contributed by atoms with van der Waals surface area (Å²) in [5.41, 5.74) is 1.86. The third kappa shape index (κ3) is 10.1. The Morgan fingerprint density at radius 2 is 1.43 bits per heavy atom. The summed E-state index contributed by atoms with van der Waals surface area (Å²) in [5.74, 6) is -1.46. The third-order valence-corrected chi connectivity index (χ3v) is 7.20. The van der Waals surface area contributed by atoms with Crippen molar-refractivity contribution in [1.82, 2.24) is 15.5 Å². The predicted molar refractivity (Wildman–Crippen MR) is 170 cm³/mol. The molecule has 240 valence electrons. The quantitative estimate of drug-likeness (QED) is 0.335. The van der Waals surface area contributed by atoms with Gasteiger partial charge in [-0.1, -0.05) is 59.7 Å². The topological polar surface area (TPSA) is 114 Å². The van der Waals surface area contributed by atoms with Gasteiger partial charge in [0.25, 0.3) is 0 Å². The normalized spacial score (nSPS) is 15.7. The minimum Gasteiger partial charge on any atom is -0.458 e. The highest BCUT2D eigenvalue weighted by Gasteiger charge is 2.42. The molecule has 0 bridgehead atoms. The van der Waals surface area contributed by atoms with Crippen molar-refractivity contribution in [1.29, 1.82) is 0 Å². The molecule has 0 aliphatic heterocycles. The molecule has 9 heteroatoms. The van der Waals surface area contributed by atoms with Crippen LogP contribution in [0.15, 0.2) is 48.5 Å². The van der Waals surface area contributed by atoms with Crippen LogP contribution in [-0.2, 0) is 30.3 Å². The van der Waals surface area contributed by atoms with Gasteiger partial charge in [0, 0.05) is 12.5 Å². The number of hydrogen-bond donors (Lipinski definition) is 2. The molecule has 0 spiro atoms. The maximum absolute atomic E-state index is 14.4. The van der Waals surface area contributed by atoms with Gasteiger partial charge in [-0.3, -0.25) is 9.59 Å². The predicted octanol–water partition coefficient (Wildman–Crippen LogP) is 5.71. The Morgan fingerprint density at radius 3 is 1.93 bits per heavy atom. The van der Waals surface area contributed by atoms with E-state index in [-0.39, 0.29) is 12.5 Å². The van der Waals surface area contributed by atoms with Crippen LogP contribution in [0, 0.1) is 13.8 Å². The summed E-state index contributed by atoms with van der Waals surface area (Å²) >= 11 is 0. The second kappa shape index (κ2) is 14.3. The molecule has 1 aliphatic rings. The van der Waals surface area contributed by atoms with Crippen molar-refractivity contribution in [2.24, 2.45) is 0 Å². The van der Waals surface area contributed by atoms with Crippen LogP contribution in [0.4, 0.5) is 4.79 Å². The Kier molecular flexibility index (Phi) is 11.2.